The lowest BCUT2D eigenvalue weighted by Gasteiger charge is -2.24. The molecule has 0 aromatic heterocycles. The van der Waals surface area contributed by atoms with E-state index in [1.165, 1.54) is 0 Å². The van der Waals surface area contributed by atoms with Crippen molar-refractivity contribution in [3.63, 3.8) is 0 Å². The average Bonchev–Trinajstić information content (AvgIpc) is 2.59. The number of aliphatic carboxylic acids is 1. The normalized spacial score (nSPS) is 39.5. The molecule has 0 aromatic carbocycles. The van der Waals surface area contributed by atoms with Crippen molar-refractivity contribution in [2.45, 2.75) is 31.1 Å². The van der Waals surface area contributed by atoms with E-state index in [4.69, 9.17) is 9.84 Å². The van der Waals surface area contributed by atoms with Crippen LogP contribution in [0.3, 0.4) is 0 Å². The van der Waals surface area contributed by atoms with Crippen LogP contribution in [0.5, 0.6) is 0 Å². The highest BCUT2D eigenvalue weighted by Crippen LogP contribution is 2.39. The molecule has 2 aliphatic heterocycles. The standard InChI is InChI=1S/C8H13NO5S/c1-15(12,13)9-7-5-3-2-4(14-5)6(7)8(10)11/h4-7,9H,2-3H2,1H3,(H,10,11). The minimum absolute atomic E-state index is 0.286. The van der Waals surface area contributed by atoms with Gasteiger partial charge in [0, 0.05) is 0 Å². The first-order chi connectivity index (χ1) is 6.88. The molecule has 0 radical (unpaired) electrons. The van der Waals surface area contributed by atoms with Crippen molar-refractivity contribution in [1.29, 1.82) is 0 Å². The maximum absolute atomic E-state index is 11.1. The van der Waals surface area contributed by atoms with E-state index in [0.717, 1.165) is 12.7 Å². The summed E-state index contributed by atoms with van der Waals surface area (Å²) >= 11 is 0. The lowest BCUT2D eigenvalue weighted by atomic mass is 9.85. The lowest BCUT2D eigenvalue weighted by molar-refractivity contribution is -0.143. The number of hydrogen-bond donors (Lipinski definition) is 2. The zero-order valence-electron chi connectivity index (χ0n) is 8.21. The first-order valence-corrected chi connectivity index (χ1v) is 6.63. The quantitative estimate of drug-likeness (QED) is 0.665. The van der Waals surface area contributed by atoms with E-state index in [1.807, 2.05) is 0 Å². The number of carbonyl (C=O) groups is 1. The summed E-state index contributed by atoms with van der Waals surface area (Å²) in [6.07, 6.45) is 1.82. The first kappa shape index (κ1) is 10.8. The van der Waals surface area contributed by atoms with Crippen LogP contribution in [0.4, 0.5) is 0 Å². The lowest BCUT2D eigenvalue weighted by Crippen LogP contribution is -2.49. The second kappa shape index (κ2) is 3.43. The van der Waals surface area contributed by atoms with Crippen molar-refractivity contribution in [2.24, 2.45) is 5.92 Å². The summed E-state index contributed by atoms with van der Waals surface area (Å²) in [6.45, 7) is 0. The summed E-state index contributed by atoms with van der Waals surface area (Å²) in [7, 11) is -3.39. The molecule has 2 N–H and O–H groups in total. The molecular formula is C8H13NO5S. The Hall–Kier alpha value is -0.660. The van der Waals surface area contributed by atoms with Crippen LogP contribution in [-0.2, 0) is 19.6 Å². The highest BCUT2D eigenvalue weighted by Gasteiger charge is 2.53. The fourth-order valence-electron chi connectivity index (χ4n) is 2.39. The minimum atomic E-state index is -3.39. The summed E-state index contributed by atoms with van der Waals surface area (Å²) in [5.74, 6) is -1.75. The molecule has 2 saturated heterocycles. The van der Waals surface area contributed by atoms with Crippen LogP contribution < -0.4 is 4.72 Å². The Balaban J connectivity index is 2.19. The Labute approximate surface area is 87.7 Å². The maximum atomic E-state index is 11.1. The van der Waals surface area contributed by atoms with Crippen LogP contribution in [0.1, 0.15) is 12.8 Å². The molecule has 0 amide bonds. The number of fused-ring (bicyclic) bond motifs is 2. The Morgan fingerprint density at radius 2 is 2.00 bits per heavy atom. The second-order valence-electron chi connectivity index (χ2n) is 4.07. The van der Waals surface area contributed by atoms with Crippen molar-refractivity contribution >= 4 is 16.0 Å². The highest BCUT2D eigenvalue weighted by atomic mass is 32.2. The van der Waals surface area contributed by atoms with Crippen molar-refractivity contribution in [3.8, 4) is 0 Å². The van der Waals surface area contributed by atoms with Gasteiger partial charge in [-0.3, -0.25) is 4.79 Å². The van der Waals surface area contributed by atoms with Gasteiger partial charge in [0.2, 0.25) is 10.0 Å². The van der Waals surface area contributed by atoms with Crippen LogP contribution in [0.15, 0.2) is 0 Å². The third-order valence-electron chi connectivity index (χ3n) is 2.91. The zero-order valence-corrected chi connectivity index (χ0v) is 9.03. The van der Waals surface area contributed by atoms with Crippen molar-refractivity contribution < 1.29 is 23.1 Å². The van der Waals surface area contributed by atoms with Gasteiger partial charge in [-0.05, 0) is 12.8 Å². The summed E-state index contributed by atoms with van der Waals surface area (Å²) < 4.78 is 29.9. The summed E-state index contributed by atoms with van der Waals surface area (Å²) in [5.41, 5.74) is 0. The molecule has 0 aromatic rings. The minimum Gasteiger partial charge on any atom is -0.481 e. The second-order valence-corrected chi connectivity index (χ2v) is 5.85. The molecule has 4 atom stereocenters. The van der Waals surface area contributed by atoms with Gasteiger partial charge in [-0.15, -0.1) is 0 Å². The number of rotatable bonds is 3. The van der Waals surface area contributed by atoms with Crippen LogP contribution in [0.2, 0.25) is 0 Å². The molecule has 2 rings (SSSR count). The maximum Gasteiger partial charge on any atom is 0.310 e. The average molecular weight is 235 g/mol. The third-order valence-corrected chi connectivity index (χ3v) is 3.61. The van der Waals surface area contributed by atoms with Crippen LogP contribution in [0, 0.1) is 5.92 Å². The van der Waals surface area contributed by atoms with Crippen molar-refractivity contribution in [3.05, 3.63) is 0 Å². The number of nitrogens with one attached hydrogen (secondary N) is 1. The van der Waals surface area contributed by atoms with E-state index in [-0.39, 0.29) is 12.2 Å². The molecule has 2 heterocycles. The van der Waals surface area contributed by atoms with Crippen LogP contribution in [-0.4, -0.2) is 44.0 Å². The largest absolute Gasteiger partial charge is 0.481 e. The Morgan fingerprint density at radius 1 is 1.40 bits per heavy atom. The Bertz CT molecular complexity index is 378. The monoisotopic (exact) mass is 235 g/mol. The summed E-state index contributed by atoms with van der Waals surface area (Å²) in [5, 5.41) is 8.99. The van der Waals surface area contributed by atoms with Gasteiger partial charge in [0.05, 0.1) is 24.5 Å². The van der Waals surface area contributed by atoms with Crippen molar-refractivity contribution in [1.82, 2.24) is 4.72 Å². The summed E-state index contributed by atoms with van der Waals surface area (Å²) in [6, 6.07) is -0.615. The predicted octanol–water partition coefficient (Wildman–Crippen LogP) is -0.834. The molecule has 0 saturated carbocycles. The van der Waals surface area contributed by atoms with E-state index in [0.29, 0.717) is 6.42 Å². The molecule has 2 fully saturated rings. The van der Waals surface area contributed by atoms with E-state index < -0.39 is 28.0 Å². The molecule has 0 spiro atoms. The molecule has 6 nitrogen and oxygen atoms in total. The van der Waals surface area contributed by atoms with E-state index >= 15 is 0 Å². The van der Waals surface area contributed by atoms with Gasteiger partial charge >= 0.3 is 5.97 Å². The summed E-state index contributed by atoms with van der Waals surface area (Å²) in [4.78, 5) is 11.0. The van der Waals surface area contributed by atoms with Gasteiger partial charge in [-0.25, -0.2) is 13.1 Å². The number of carboxylic acid groups (broad SMARTS) is 1. The number of ether oxygens (including phenoxy) is 1. The van der Waals surface area contributed by atoms with Gasteiger partial charge in [-0.2, -0.15) is 0 Å². The predicted molar refractivity (Wildman–Crippen MR) is 50.8 cm³/mol. The van der Waals surface area contributed by atoms with E-state index in [1.54, 1.807) is 0 Å². The Morgan fingerprint density at radius 3 is 2.53 bits per heavy atom. The van der Waals surface area contributed by atoms with Gasteiger partial charge in [0.15, 0.2) is 0 Å². The van der Waals surface area contributed by atoms with E-state index in [9.17, 15) is 13.2 Å². The molecule has 86 valence electrons. The SMILES string of the molecule is CS(=O)(=O)NC1C2CCC(O2)C1C(=O)O. The zero-order chi connectivity index (χ0) is 11.2. The van der Waals surface area contributed by atoms with Crippen LogP contribution >= 0.6 is 0 Å². The fraction of sp³-hybridized carbons (Fsp3) is 0.875. The topological polar surface area (TPSA) is 92.7 Å². The van der Waals surface area contributed by atoms with Gasteiger partial charge in [0.1, 0.15) is 5.92 Å². The molecule has 2 aliphatic rings. The van der Waals surface area contributed by atoms with Crippen LogP contribution in [0.25, 0.3) is 0 Å². The van der Waals surface area contributed by atoms with Gasteiger partial charge in [0.25, 0.3) is 0 Å². The number of hydrogen-bond acceptors (Lipinski definition) is 4. The number of sulfonamides is 1. The molecule has 7 heteroatoms. The molecule has 15 heavy (non-hydrogen) atoms. The van der Waals surface area contributed by atoms with Gasteiger partial charge in [-0.1, -0.05) is 0 Å². The number of carboxylic acids is 1. The smallest absolute Gasteiger partial charge is 0.310 e. The highest BCUT2D eigenvalue weighted by molar-refractivity contribution is 7.88. The molecule has 0 aliphatic carbocycles. The van der Waals surface area contributed by atoms with E-state index in [2.05, 4.69) is 4.72 Å². The fourth-order valence-corrected chi connectivity index (χ4v) is 3.18. The molecule has 4 unspecified atom stereocenters. The Kier molecular flexibility index (Phi) is 2.48. The van der Waals surface area contributed by atoms with Gasteiger partial charge < -0.3 is 9.84 Å². The molecule has 2 bridgehead atoms. The van der Waals surface area contributed by atoms with Crippen molar-refractivity contribution in [2.75, 3.05) is 6.26 Å². The molecular weight excluding hydrogens is 222 g/mol. The first-order valence-electron chi connectivity index (χ1n) is 4.74. The third kappa shape index (κ3) is 1.99.